The summed E-state index contributed by atoms with van der Waals surface area (Å²) in [6.45, 7) is 3.81. The number of rotatable bonds is 5. The quantitative estimate of drug-likeness (QED) is 0.736. The largest absolute Gasteiger partial charge is 0.436 e. The van der Waals surface area contributed by atoms with Crippen molar-refractivity contribution in [1.82, 2.24) is 15.3 Å². The first kappa shape index (κ1) is 18.4. The Kier molecular flexibility index (Phi) is 5.40. The van der Waals surface area contributed by atoms with Crippen LogP contribution in [0.15, 0.2) is 48.8 Å². The predicted molar refractivity (Wildman–Crippen MR) is 95.6 cm³/mol. The van der Waals surface area contributed by atoms with Gasteiger partial charge < -0.3 is 10.1 Å². The van der Waals surface area contributed by atoms with Crippen LogP contribution in [0.5, 0.6) is 11.6 Å². The Morgan fingerprint density at radius 3 is 2.70 bits per heavy atom. The molecule has 3 rings (SSSR count). The van der Waals surface area contributed by atoms with E-state index in [9.17, 15) is 13.6 Å². The summed E-state index contributed by atoms with van der Waals surface area (Å²) < 4.78 is 32.3. The van der Waals surface area contributed by atoms with Crippen molar-refractivity contribution in [1.29, 1.82) is 0 Å². The Morgan fingerprint density at radius 2 is 1.96 bits per heavy atom. The maximum atomic E-state index is 13.8. The fraction of sp³-hybridized carbons (Fsp3) is 0.150. The molecule has 0 unspecified atom stereocenters. The van der Waals surface area contributed by atoms with Gasteiger partial charge in [-0.1, -0.05) is 6.07 Å². The topological polar surface area (TPSA) is 64.1 Å². The first-order chi connectivity index (χ1) is 12.9. The fourth-order valence-corrected chi connectivity index (χ4v) is 2.52. The predicted octanol–water partition coefficient (Wildman–Crippen LogP) is 4.09. The van der Waals surface area contributed by atoms with Gasteiger partial charge in [0.1, 0.15) is 5.82 Å². The number of amides is 1. The van der Waals surface area contributed by atoms with Gasteiger partial charge >= 0.3 is 0 Å². The summed E-state index contributed by atoms with van der Waals surface area (Å²) in [5.74, 6) is -1.85. The van der Waals surface area contributed by atoms with Crippen LogP contribution in [0.4, 0.5) is 8.78 Å². The molecule has 0 saturated heterocycles. The molecule has 0 saturated carbocycles. The van der Waals surface area contributed by atoms with Gasteiger partial charge in [-0.15, -0.1) is 0 Å². The van der Waals surface area contributed by atoms with Crippen molar-refractivity contribution in [2.75, 3.05) is 0 Å². The Bertz CT molecular complexity index is 993. The monoisotopic (exact) mass is 369 g/mol. The lowest BCUT2D eigenvalue weighted by Gasteiger charge is -2.12. The van der Waals surface area contributed by atoms with Gasteiger partial charge in [0.05, 0.1) is 5.56 Å². The molecule has 0 bridgehead atoms. The summed E-state index contributed by atoms with van der Waals surface area (Å²) in [5, 5.41) is 2.77. The number of pyridine rings is 2. The zero-order chi connectivity index (χ0) is 19.4. The van der Waals surface area contributed by atoms with Crippen molar-refractivity contribution in [3.63, 3.8) is 0 Å². The zero-order valence-electron chi connectivity index (χ0n) is 14.8. The van der Waals surface area contributed by atoms with Crippen LogP contribution in [0.3, 0.4) is 0 Å². The Hall–Kier alpha value is -3.35. The van der Waals surface area contributed by atoms with Crippen molar-refractivity contribution in [3.8, 4) is 11.6 Å². The summed E-state index contributed by atoms with van der Waals surface area (Å²) >= 11 is 0. The summed E-state index contributed by atoms with van der Waals surface area (Å²) in [5.41, 5.74) is 2.66. The summed E-state index contributed by atoms with van der Waals surface area (Å²) in [6.07, 6.45) is 3.00. The maximum Gasteiger partial charge on any atom is 0.253 e. The van der Waals surface area contributed by atoms with Crippen molar-refractivity contribution in [2.45, 2.75) is 20.4 Å². The smallest absolute Gasteiger partial charge is 0.253 e. The molecule has 0 aliphatic heterocycles. The highest BCUT2D eigenvalue weighted by Gasteiger charge is 2.13. The third kappa shape index (κ3) is 4.44. The number of halogens is 2. The lowest BCUT2D eigenvalue weighted by atomic mass is 10.1. The van der Waals surface area contributed by atoms with E-state index in [1.807, 2.05) is 19.9 Å². The van der Waals surface area contributed by atoms with Gasteiger partial charge in [0, 0.05) is 36.3 Å². The van der Waals surface area contributed by atoms with Crippen LogP contribution in [-0.4, -0.2) is 15.9 Å². The molecule has 0 spiro atoms. The number of carbonyl (C=O) groups excluding carboxylic acids is 1. The number of hydrogen-bond acceptors (Lipinski definition) is 4. The van der Waals surface area contributed by atoms with Gasteiger partial charge in [-0.05, 0) is 43.7 Å². The zero-order valence-corrected chi connectivity index (χ0v) is 14.8. The van der Waals surface area contributed by atoms with Crippen molar-refractivity contribution >= 4 is 5.91 Å². The molecule has 1 amide bonds. The standard InChI is InChI=1S/C20H17F2N3O2/c1-12-8-13(2)24-11-16(12)19(26)25-10-14-4-3-7-23-20(14)27-18-6-5-15(21)9-17(18)22/h3-9,11H,10H2,1-2H3,(H,25,26). The van der Waals surface area contributed by atoms with E-state index in [-0.39, 0.29) is 24.1 Å². The molecule has 27 heavy (non-hydrogen) atoms. The molecule has 138 valence electrons. The van der Waals surface area contributed by atoms with Crippen molar-refractivity contribution < 1.29 is 18.3 Å². The number of carbonyl (C=O) groups is 1. The van der Waals surface area contributed by atoms with E-state index >= 15 is 0 Å². The minimum atomic E-state index is -0.836. The number of nitrogens with zero attached hydrogens (tertiary/aromatic N) is 2. The van der Waals surface area contributed by atoms with Gasteiger partial charge in [0.15, 0.2) is 11.6 Å². The number of aromatic nitrogens is 2. The lowest BCUT2D eigenvalue weighted by molar-refractivity contribution is 0.0949. The highest BCUT2D eigenvalue weighted by molar-refractivity contribution is 5.95. The van der Waals surface area contributed by atoms with Gasteiger partial charge in [0.2, 0.25) is 5.88 Å². The molecular weight excluding hydrogens is 352 g/mol. The average Bonchev–Trinajstić information content (AvgIpc) is 2.63. The molecule has 0 aliphatic rings. The van der Waals surface area contributed by atoms with Crippen molar-refractivity contribution in [3.05, 3.63) is 82.8 Å². The molecule has 2 heterocycles. The van der Waals surface area contributed by atoms with Crippen LogP contribution in [0, 0.1) is 25.5 Å². The molecule has 1 N–H and O–H groups in total. The van der Waals surface area contributed by atoms with Crippen LogP contribution in [0.25, 0.3) is 0 Å². The molecule has 3 aromatic rings. The molecule has 2 aromatic heterocycles. The Morgan fingerprint density at radius 1 is 1.15 bits per heavy atom. The molecule has 0 radical (unpaired) electrons. The molecule has 5 nitrogen and oxygen atoms in total. The van der Waals surface area contributed by atoms with Gasteiger partial charge in [-0.3, -0.25) is 9.78 Å². The first-order valence-corrected chi connectivity index (χ1v) is 8.22. The normalized spacial score (nSPS) is 10.5. The number of nitrogens with one attached hydrogen (secondary N) is 1. The van der Waals surface area contributed by atoms with Gasteiger partial charge in [0.25, 0.3) is 5.91 Å². The van der Waals surface area contributed by atoms with E-state index in [0.717, 1.165) is 23.4 Å². The summed E-state index contributed by atoms with van der Waals surface area (Å²) in [7, 11) is 0. The number of aryl methyl sites for hydroxylation is 2. The molecule has 0 aliphatic carbocycles. The second-order valence-electron chi connectivity index (χ2n) is 5.97. The molecule has 0 fully saturated rings. The fourth-order valence-electron chi connectivity index (χ4n) is 2.52. The Labute approximate surface area is 155 Å². The van der Waals surface area contributed by atoms with Crippen LogP contribution in [0.2, 0.25) is 0 Å². The number of hydrogen-bond donors (Lipinski definition) is 1. The van der Waals surface area contributed by atoms with E-state index in [1.54, 1.807) is 12.1 Å². The minimum absolute atomic E-state index is 0.123. The van der Waals surface area contributed by atoms with E-state index in [1.165, 1.54) is 18.5 Å². The highest BCUT2D eigenvalue weighted by atomic mass is 19.1. The number of benzene rings is 1. The van der Waals surface area contributed by atoms with Crippen molar-refractivity contribution in [2.24, 2.45) is 0 Å². The second-order valence-corrected chi connectivity index (χ2v) is 5.97. The molecule has 0 atom stereocenters. The van der Waals surface area contributed by atoms with Gasteiger partial charge in [-0.2, -0.15) is 0 Å². The molecule has 1 aromatic carbocycles. The number of ether oxygens (including phenoxy) is 1. The highest BCUT2D eigenvalue weighted by Crippen LogP contribution is 2.26. The maximum absolute atomic E-state index is 13.8. The summed E-state index contributed by atoms with van der Waals surface area (Å²) in [6, 6.07) is 8.20. The van der Waals surface area contributed by atoms with Crippen LogP contribution < -0.4 is 10.1 Å². The van der Waals surface area contributed by atoms with E-state index in [0.29, 0.717) is 11.1 Å². The molecule has 7 heteroatoms. The summed E-state index contributed by atoms with van der Waals surface area (Å²) in [4.78, 5) is 20.6. The van der Waals surface area contributed by atoms with E-state index < -0.39 is 11.6 Å². The minimum Gasteiger partial charge on any atom is -0.436 e. The van der Waals surface area contributed by atoms with E-state index in [2.05, 4.69) is 15.3 Å². The first-order valence-electron chi connectivity index (χ1n) is 8.22. The average molecular weight is 369 g/mol. The third-order valence-corrected chi connectivity index (χ3v) is 3.88. The lowest BCUT2D eigenvalue weighted by Crippen LogP contribution is -2.24. The second kappa shape index (κ2) is 7.90. The van der Waals surface area contributed by atoms with Gasteiger partial charge in [-0.25, -0.2) is 13.8 Å². The van der Waals surface area contributed by atoms with Crippen LogP contribution in [-0.2, 0) is 6.54 Å². The van der Waals surface area contributed by atoms with E-state index in [4.69, 9.17) is 4.74 Å². The van der Waals surface area contributed by atoms with Crippen LogP contribution in [0.1, 0.15) is 27.2 Å². The van der Waals surface area contributed by atoms with Crippen LogP contribution >= 0.6 is 0 Å². The SMILES string of the molecule is Cc1cc(C)c(C(=O)NCc2cccnc2Oc2ccc(F)cc2F)cn1. The third-order valence-electron chi connectivity index (χ3n) is 3.88. The Balaban J connectivity index is 1.75. The molecular formula is C20H17F2N3O2.